The van der Waals surface area contributed by atoms with Crippen LogP contribution in [0.5, 0.6) is 11.8 Å². The molecular weight excluding hydrogens is 436 g/mol. The molecule has 1 fully saturated rings. The van der Waals surface area contributed by atoms with Crippen LogP contribution in [0.25, 0.3) is 32.8 Å². The molecule has 0 saturated carbocycles. The van der Waals surface area contributed by atoms with Crippen molar-refractivity contribution < 1.29 is 18.6 Å². The Bertz CT molecular complexity index is 1480. The summed E-state index contributed by atoms with van der Waals surface area (Å²) in [5, 5.41) is 11.6. The number of ether oxygens (including phenoxy) is 1. The van der Waals surface area contributed by atoms with Crippen LogP contribution in [0, 0.1) is 29.9 Å². The molecule has 2 heterocycles. The van der Waals surface area contributed by atoms with E-state index in [-0.39, 0.29) is 33.8 Å². The van der Waals surface area contributed by atoms with Gasteiger partial charge in [-0.25, -0.2) is 8.78 Å². The molecule has 1 aliphatic rings. The minimum absolute atomic E-state index is 0.00210. The Kier molecular flexibility index (Phi) is 5.45. The van der Waals surface area contributed by atoms with Crippen LogP contribution in [0.1, 0.15) is 25.3 Å². The van der Waals surface area contributed by atoms with Gasteiger partial charge in [0.05, 0.1) is 12.7 Å². The molecule has 5 rings (SSSR count). The smallest absolute Gasteiger partial charge is 0.318 e. The second-order valence-corrected chi connectivity index (χ2v) is 8.71. The number of benzene rings is 3. The SMILES string of the molecule is C#Cc1cccc2cc(O)cc(-c3c(F)cc4c(N5CCCC(C)C5)nc(OC)nc4c3F)c12. The Balaban J connectivity index is 1.83. The Hall–Kier alpha value is -3.92. The fourth-order valence-electron chi connectivity index (χ4n) is 4.85. The lowest BCUT2D eigenvalue weighted by atomic mass is 9.93. The average Bonchev–Trinajstić information content (AvgIpc) is 2.83. The molecule has 1 saturated heterocycles. The first-order chi connectivity index (χ1) is 16.4. The Morgan fingerprint density at radius 3 is 2.76 bits per heavy atom. The number of nitrogens with zero attached hydrogens (tertiary/aromatic N) is 3. The number of rotatable bonds is 3. The topological polar surface area (TPSA) is 58.5 Å². The molecular formula is C27H23F2N3O2. The summed E-state index contributed by atoms with van der Waals surface area (Å²) in [7, 11) is 1.41. The molecule has 1 atom stereocenters. The third kappa shape index (κ3) is 3.56. The number of halogens is 2. The molecule has 172 valence electrons. The van der Waals surface area contributed by atoms with Crippen LogP contribution in [-0.4, -0.2) is 35.3 Å². The average molecular weight is 459 g/mol. The van der Waals surface area contributed by atoms with Crippen LogP contribution in [-0.2, 0) is 0 Å². The van der Waals surface area contributed by atoms with Crippen molar-refractivity contribution in [3.63, 3.8) is 0 Å². The van der Waals surface area contributed by atoms with Crippen molar-refractivity contribution in [1.82, 2.24) is 9.97 Å². The summed E-state index contributed by atoms with van der Waals surface area (Å²) in [4.78, 5) is 10.7. The summed E-state index contributed by atoms with van der Waals surface area (Å²) in [6.45, 7) is 3.60. The number of terminal acetylenes is 1. The molecule has 0 spiro atoms. The van der Waals surface area contributed by atoms with E-state index in [1.165, 1.54) is 25.3 Å². The van der Waals surface area contributed by atoms with Crippen LogP contribution in [0.15, 0.2) is 36.4 Å². The first-order valence-corrected chi connectivity index (χ1v) is 11.1. The summed E-state index contributed by atoms with van der Waals surface area (Å²) >= 11 is 0. The normalized spacial score (nSPS) is 16.1. The third-order valence-corrected chi connectivity index (χ3v) is 6.37. The first kappa shape index (κ1) is 21.9. The molecule has 4 aromatic rings. The zero-order valence-electron chi connectivity index (χ0n) is 18.9. The van der Waals surface area contributed by atoms with Gasteiger partial charge in [-0.3, -0.25) is 0 Å². The Labute approximate surface area is 196 Å². The van der Waals surface area contributed by atoms with E-state index in [0.717, 1.165) is 25.9 Å². The number of hydrogen-bond acceptors (Lipinski definition) is 5. The van der Waals surface area contributed by atoms with Gasteiger partial charge in [0, 0.05) is 35.0 Å². The molecule has 3 aromatic carbocycles. The van der Waals surface area contributed by atoms with Crippen molar-refractivity contribution in [3.8, 4) is 35.2 Å². The molecule has 1 aliphatic heterocycles. The minimum atomic E-state index is -0.860. The van der Waals surface area contributed by atoms with Gasteiger partial charge in [0.15, 0.2) is 5.82 Å². The minimum Gasteiger partial charge on any atom is -0.508 e. The number of methoxy groups -OCH3 is 1. The van der Waals surface area contributed by atoms with Crippen molar-refractivity contribution in [2.75, 3.05) is 25.1 Å². The molecule has 5 nitrogen and oxygen atoms in total. The lowest BCUT2D eigenvalue weighted by molar-refractivity contribution is 0.379. The number of hydrogen-bond donors (Lipinski definition) is 1. The summed E-state index contributed by atoms with van der Waals surface area (Å²) in [5.41, 5.74) is 0.266. The van der Waals surface area contributed by atoms with E-state index < -0.39 is 11.6 Å². The molecule has 1 unspecified atom stereocenters. The Morgan fingerprint density at radius 2 is 2.03 bits per heavy atom. The van der Waals surface area contributed by atoms with E-state index in [2.05, 4.69) is 22.8 Å². The predicted molar refractivity (Wildman–Crippen MR) is 129 cm³/mol. The van der Waals surface area contributed by atoms with Crippen molar-refractivity contribution in [3.05, 3.63) is 53.6 Å². The molecule has 0 amide bonds. The van der Waals surface area contributed by atoms with Gasteiger partial charge in [-0.05, 0) is 48.4 Å². The number of anilines is 1. The van der Waals surface area contributed by atoms with Crippen molar-refractivity contribution in [2.24, 2.45) is 5.92 Å². The van der Waals surface area contributed by atoms with Gasteiger partial charge < -0.3 is 14.7 Å². The highest BCUT2D eigenvalue weighted by Crippen LogP contribution is 2.41. The predicted octanol–water partition coefficient (Wildman–Crippen LogP) is 5.66. The van der Waals surface area contributed by atoms with E-state index in [1.807, 2.05) is 4.90 Å². The molecule has 1 N–H and O–H groups in total. The number of fused-ring (bicyclic) bond motifs is 2. The van der Waals surface area contributed by atoms with Gasteiger partial charge in [-0.1, -0.05) is 25.0 Å². The highest BCUT2D eigenvalue weighted by atomic mass is 19.1. The second-order valence-electron chi connectivity index (χ2n) is 8.71. The second kappa shape index (κ2) is 8.45. The van der Waals surface area contributed by atoms with Crippen LogP contribution >= 0.6 is 0 Å². The highest BCUT2D eigenvalue weighted by molar-refractivity contribution is 6.04. The number of aromatic nitrogens is 2. The molecule has 0 radical (unpaired) electrons. The highest BCUT2D eigenvalue weighted by Gasteiger charge is 2.26. The molecule has 0 aliphatic carbocycles. The largest absolute Gasteiger partial charge is 0.508 e. The summed E-state index contributed by atoms with van der Waals surface area (Å²) < 4.78 is 37.1. The van der Waals surface area contributed by atoms with Gasteiger partial charge in [0.1, 0.15) is 22.9 Å². The van der Waals surface area contributed by atoms with Crippen LogP contribution in [0.3, 0.4) is 0 Å². The molecule has 1 aromatic heterocycles. The van der Waals surface area contributed by atoms with E-state index in [9.17, 15) is 5.11 Å². The number of piperidine rings is 1. The standard InChI is InChI=1S/C27H23F2N3O2/c1-4-16-8-5-9-17-11-18(33)12-19(22(16)17)23-21(28)13-20-25(24(23)29)30-27(34-3)31-26(20)32-10-6-7-15(2)14-32/h1,5,8-9,11-13,15,33H,6-7,10,14H2,2-3H3. The molecule has 7 heteroatoms. The van der Waals surface area contributed by atoms with E-state index in [0.29, 0.717) is 28.1 Å². The fraction of sp³-hybridized carbons (Fsp3) is 0.259. The number of phenolic OH excluding ortho intramolecular Hbond substituents is 1. The van der Waals surface area contributed by atoms with Gasteiger partial charge in [0.2, 0.25) is 0 Å². The third-order valence-electron chi connectivity index (χ3n) is 6.37. The van der Waals surface area contributed by atoms with Crippen molar-refractivity contribution in [2.45, 2.75) is 19.8 Å². The van der Waals surface area contributed by atoms with E-state index in [1.54, 1.807) is 18.2 Å². The summed E-state index contributed by atoms with van der Waals surface area (Å²) in [6.07, 6.45) is 7.73. The van der Waals surface area contributed by atoms with Gasteiger partial charge in [-0.2, -0.15) is 9.97 Å². The van der Waals surface area contributed by atoms with E-state index >= 15 is 8.78 Å². The summed E-state index contributed by atoms with van der Waals surface area (Å²) in [6, 6.07) is 9.26. The lowest BCUT2D eigenvalue weighted by Crippen LogP contribution is -2.35. The zero-order valence-corrected chi connectivity index (χ0v) is 18.9. The fourth-order valence-corrected chi connectivity index (χ4v) is 4.85. The van der Waals surface area contributed by atoms with Gasteiger partial charge >= 0.3 is 6.01 Å². The summed E-state index contributed by atoms with van der Waals surface area (Å²) in [5.74, 6) is 1.67. The monoisotopic (exact) mass is 459 g/mol. The molecule has 34 heavy (non-hydrogen) atoms. The molecule has 0 bridgehead atoms. The van der Waals surface area contributed by atoms with Crippen LogP contribution < -0.4 is 9.64 Å². The number of phenols is 1. The maximum Gasteiger partial charge on any atom is 0.318 e. The Morgan fingerprint density at radius 1 is 1.21 bits per heavy atom. The van der Waals surface area contributed by atoms with Crippen LogP contribution in [0.2, 0.25) is 0 Å². The van der Waals surface area contributed by atoms with Crippen molar-refractivity contribution in [1.29, 1.82) is 0 Å². The first-order valence-electron chi connectivity index (χ1n) is 11.1. The van der Waals surface area contributed by atoms with Crippen LogP contribution in [0.4, 0.5) is 14.6 Å². The van der Waals surface area contributed by atoms with Crippen molar-refractivity contribution >= 4 is 27.5 Å². The quantitative estimate of drug-likeness (QED) is 0.401. The van der Waals surface area contributed by atoms with E-state index in [4.69, 9.17) is 11.2 Å². The zero-order chi connectivity index (χ0) is 24.0. The maximum atomic E-state index is 16.1. The number of aromatic hydroxyl groups is 1. The van der Waals surface area contributed by atoms with Gasteiger partial charge in [-0.15, -0.1) is 6.42 Å². The van der Waals surface area contributed by atoms with Gasteiger partial charge in [0.25, 0.3) is 0 Å². The lowest BCUT2D eigenvalue weighted by Gasteiger charge is -2.32. The maximum absolute atomic E-state index is 16.1.